The summed E-state index contributed by atoms with van der Waals surface area (Å²) in [6.07, 6.45) is 11.4. The van der Waals surface area contributed by atoms with Gasteiger partial charge in [-0.2, -0.15) is 0 Å². The summed E-state index contributed by atoms with van der Waals surface area (Å²) in [4.78, 5) is 0. The lowest BCUT2D eigenvalue weighted by Crippen LogP contribution is -2.33. The summed E-state index contributed by atoms with van der Waals surface area (Å²) in [6.45, 7) is 18.2. The first kappa shape index (κ1) is 18.8. The van der Waals surface area contributed by atoms with Crippen molar-refractivity contribution in [2.45, 2.75) is 78.1 Å². The van der Waals surface area contributed by atoms with Crippen molar-refractivity contribution in [3.63, 3.8) is 0 Å². The van der Waals surface area contributed by atoms with Crippen LogP contribution < -0.4 is 0 Å². The number of hydrogen-bond acceptors (Lipinski definition) is 0. The van der Waals surface area contributed by atoms with E-state index in [1.165, 1.54) is 47.9 Å². The molecule has 0 heterocycles. The van der Waals surface area contributed by atoms with E-state index in [2.05, 4.69) is 84.5 Å². The quantitative estimate of drug-likeness (QED) is 0.497. The average Bonchev–Trinajstić information content (AvgIpc) is 2.52. The van der Waals surface area contributed by atoms with Gasteiger partial charge < -0.3 is 0 Å². The Morgan fingerprint density at radius 1 is 1.08 bits per heavy atom. The first-order valence-corrected chi connectivity index (χ1v) is 9.35. The van der Waals surface area contributed by atoms with E-state index in [4.69, 9.17) is 0 Å². The van der Waals surface area contributed by atoms with Crippen LogP contribution in [0.5, 0.6) is 0 Å². The van der Waals surface area contributed by atoms with Gasteiger partial charge in [-0.25, -0.2) is 0 Å². The molecule has 24 heavy (non-hydrogen) atoms. The lowest BCUT2D eigenvalue weighted by Gasteiger charge is -2.42. The Bertz CT molecular complexity index is 665. The SMILES string of the molecule is C=C(/C=C\C=C(\C)CCC)c1ccc2c(c1)C(C)(C)CCC2(C)C. The van der Waals surface area contributed by atoms with Gasteiger partial charge in [0.1, 0.15) is 0 Å². The molecule has 130 valence electrons. The van der Waals surface area contributed by atoms with E-state index >= 15 is 0 Å². The van der Waals surface area contributed by atoms with E-state index in [0.717, 1.165) is 5.57 Å². The Kier molecular flexibility index (Phi) is 5.58. The summed E-state index contributed by atoms with van der Waals surface area (Å²) < 4.78 is 0. The molecule has 0 heteroatoms. The van der Waals surface area contributed by atoms with Crippen molar-refractivity contribution < 1.29 is 0 Å². The molecule has 0 atom stereocenters. The van der Waals surface area contributed by atoms with Gasteiger partial charge >= 0.3 is 0 Å². The van der Waals surface area contributed by atoms with Crippen LogP contribution in [0.4, 0.5) is 0 Å². The number of benzene rings is 1. The Balaban J connectivity index is 2.29. The third kappa shape index (κ3) is 4.09. The number of allylic oxidation sites excluding steroid dienone is 5. The standard InChI is InChI=1S/C24H34/c1-8-10-18(2)11-9-12-19(3)20-13-14-21-22(17-20)24(6,7)16-15-23(21,4)5/h9,11-14,17H,3,8,10,15-16H2,1-2,4-7H3/b12-9-,18-11-. The largest absolute Gasteiger partial charge is 0.0912 e. The Morgan fingerprint density at radius 3 is 2.33 bits per heavy atom. The summed E-state index contributed by atoms with van der Waals surface area (Å²) >= 11 is 0. The van der Waals surface area contributed by atoms with Gasteiger partial charge in [0.2, 0.25) is 0 Å². The minimum absolute atomic E-state index is 0.252. The molecule has 0 saturated carbocycles. The molecule has 0 aromatic heterocycles. The van der Waals surface area contributed by atoms with Crippen LogP contribution in [0.25, 0.3) is 5.57 Å². The predicted octanol–water partition coefficient (Wildman–Crippen LogP) is 7.35. The first-order valence-electron chi connectivity index (χ1n) is 9.35. The second kappa shape index (κ2) is 7.13. The molecule has 0 amide bonds. The molecule has 1 aromatic rings. The number of fused-ring (bicyclic) bond motifs is 1. The molecule has 0 spiro atoms. The Morgan fingerprint density at radius 2 is 1.71 bits per heavy atom. The van der Waals surface area contributed by atoms with Crippen LogP contribution in [-0.4, -0.2) is 0 Å². The Hall–Kier alpha value is -1.56. The van der Waals surface area contributed by atoms with Crippen LogP contribution in [0.15, 0.2) is 48.6 Å². The summed E-state index contributed by atoms with van der Waals surface area (Å²) in [7, 11) is 0. The monoisotopic (exact) mass is 322 g/mol. The lowest BCUT2D eigenvalue weighted by atomic mass is 9.63. The van der Waals surface area contributed by atoms with Gasteiger partial charge in [0, 0.05) is 0 Å². The minimum atomic E-state index is 0.252. The van der Waals surface area contributed by atoms with Gasteiger partial charge in [-0.3, -0.25) is 0 Å². The molecule has 0 radical (unpaired) electrons. The maximum absolute atomic E-state index is 4.28. The number of rotatable bonds is 5. The Labute approximate surface area is 149 Å². The fourth-order valence-electron chi connectivity index (χ4n) is 3.69. The fraction of sp³-hybridized carbons (Fsp3) is 0.500. The molecule has 0 aliphatic heterocycles. The van der Waals surface area contributed by atoms with Gasteiger partial charge in [-0.1, -0.05) is 89.6 Å². The van der Waals surface area contributed by atoms with Crippen LogP contribution in [0.1, 0.15) is 83.9 Å². The van der Waals surface area contributed by atoms with Crippen molar-refractivity contribution in [3.05, 3.63) is 65.3 Å². The summed E-state index contributed by atoms with van der Waals surface area (Å²) in [5, 5.41) is 0. The van der Waals surface area contributed by atoms with Crippen LogP contribution in [0.3, 0.4) is 0 Å². The highest BCUT2D eigenvalue weighted by Crippen LogP contribution is 2.46. The van der Waals surface area contributed by atoms with Crippen molar-refractivity contribution in [2.24, 2.45) is 0 Å². The zero-order chi connectivity index (χ0) is 18.0. The van der Waals surface area contributed by atoms with E-state index in [1.54, 1.807) is 0 Å². The third-order valence-electron chi connectivity index (χ3n) is 5.55. The van der Waals surface area contributed by atoms with Crippen molar-refractivity contribution >= 4 is 5.57 Å². The summed E-state index contributed by atoms with van der Waals surface area (Å²) in [6, 6.07) is 6.96. The maximum Gasteiger partial charge on any atom is -0.0100 e. The highest BCUT2D eigenvalue weighted by atomic mass is 14.4. The molecular formula is C24H34. The second-order valence-corrected chi connectivity index (χ2v) is 8.68. The van der Waals surface area contributed by atoms with Crippen LogP contribution in [0, 0.1) is 0 Å². The highest BCUT2D eigenvalue weighted by molar-refractivity contribution is 5.73. The molecule has 2 rings (SSSR count). The van der Waals surface area contributed by atoms with E-state index in [0.29, 0.717) is 0 Å². The van der Waals surface area contributed by atoms with E-state index in [-0.39, 0.29) is 10.8 Å². The molecule has 1 aromatic carbocycles. The van der Waals surface area contributed by atoms with Gasteiger partial charge in [-0.05, 0) is 59.3 Å². The second-order valence-electron chi connectivity index (χ2n) is 8.68. The van der Waals surface area contributed by atoms with Crippen molar-refractivity contribution in [1.29, 1.82) is 0 Å². The van der Waals surface area contributed by atoms with Gasteiger partial charge in [-0.15, -0.1) is 0 Å². The molecule has 0 unspecified atom stereocenters. The normalized spacial score (nSPS) is 19.3. The summed E-state index contributed by atoms with van der Waals surface area (Å²) in [5.41, 5.74) is 7.31. The fourth-order valence-corrected chi connectivity index (χ4v) is 3.69. The maximum atomic E-state index is 4.28. The third-order valence-corrected chi connectivity index (χ3v) is 5.55. The highest BCUT2D eigenvalue weighted by Gasteiger charge is 2.36. The molecule has 0 N–H and O–H groups in total. The molecule has 0 bridgehead atoms. The van der Waals surface area contributed by atoms with Crippen LogP contribution in [-0.2, 0) is 10.8 Å². The first-order chi connectivity index (χ1) is 11.2. The summed E-state index contributed by atoms with van der Waals surface area (Å²) in [5.74, 6) is 0. The predicted molar refractivity (Wildman–Crippen MR) is 109 cm³/mol. The van der Waals surface area contributed by atoms with E-state index in [1.807, 2.05) is 0 Å². The topological polar surface area (TPSA) is 0 Å². The van der Waals surface area contributed by atoms with Gasteiger partial charge in [0.25, 0.3) is 0 Å². The lowest BCUT2D eigenvalue weighted by molar-refractivity contribution is 0.332. The van der Waals surface area contributed by atoms with Crippen LogP contribution >= 0.6 is 0 Å². The van der Waals surface area contributed by atoms with Crippen molar-refractivity contribution in [1.82, 2.24) is 0 Å². The van der Waals surface area contributed by atoms with Crippen molar-refractivity contribution in [3.8, 4) is 0 Å². The molecule has 0 fully saturated rings. The zero-order valence-electron chi connectivity index (χ0n) is 16.5. The van der Waals surface area contributed by atoms with Crippen LogP contribution in [0.2, 0.25) is 0 Å². The molecule has 1 aliphatic rings. The van der Waals surface area contributed by atoms with Gasteiger partial charge in [0.15, 0.2) is 0 Å². The number of hydrogen-bond donors (Lipinski definition) is 0. The molecule has 0 saturated heterocycles. The molecule has 0 nitrogen and oxygen atoms in total. The van der Waals surface area contributed by atoms with E-state index in [9.17, 15) is 0 Å². The zero-order valence-corrected chi connectivity index (χ0v) is 16.5. The van der Waals surface area contributed by atoms with Crippen molar-refractivity contribution in [2.75, 3.05) is 0 Å². The average molecular weight is 323 g/mol. The molecule has 1 aliphatic carbocycles. The molecular weight excluding hydrogens is 288 g/mol. The minimum Gasteiger partial charge on any atom is -0.0912 e. The smallest absolute Gasteiger partial charge is 0.0100 e. The van der Waals surface area contributed by atoms with Gasteiger partial charge in [0.05, 0.1) is 0 Å². The van der Waals surface area contributed by atoms with E-state index < -0.39 is 0 Å².